The molecule has 28 heavy (non-hydrogen) atoms. The van der Waals surface area contributed by atoms with E-state index in [0.29, 0.717) is 6.07 Å². The second-order valence-electron chi connectivity index (χ2n) is 5.82. The van der Waals surface area contributed by atoms with Crippen molar-refractivity contribution in [2.24, 2.45) is 4.99 Å². The van der Waals surface area contributed by atoms with Gasteiger partial charge in [-0.1, -0.05) is 0 Å². The SMILES string of the molecule is Fc1cc(Oc2cc(C(F)(F)F)ccn2)ccc1C(F)CNC1(F)CSC=N1. The van der Waals surface area contributed by atoms with Crippen LogP contribution in [0.25, 0.3) is 0 Å². The van der Waals surface area contributed by atoms with Crippen molar-refractivity contribution in [2.45, 2.75) is 18.3 Å². The molecule has 0 fully saturated rings. The highest BCUT2D eigenvalue weighted by Gasteiger charge is 2.33. The molecule has 1 aliphatic heterocycles. The average Bonchev–Trinajstić information content (AvgIpc) is 3.06. The third-order valence-electron chi connectivity index (χ3n) is 3.75. The molecule has 0 radical (unpaired) electrons. The molecule has 150 valence electrons. The lowest BCUT2D eigenvalue weighted by Gasteiger charge is -2.19. The lowest BCUT2D eigenvalue weighted by molar-refractivity contribution is -0.137. The van der Waals surface area contributed by atoms with E-state index in [2.05, 4.69) is 15.3 Å². The van der Waals surface area contributed by atoms with Crippen LogP contribution in [-0.2, 0) is 6.18 Å². The molecule has 1 aromatic heterocycles. The Morgan fingerprint density at radius 1 is 1.25 bits per heavy atom. The molecule has 0 spiro atoms. The van der Waals surface area contributed by atoms with Crippen molar-refractivity contribution >= 4 is 17.3 Å². The fourth-order valence-corrected chi connectivity index (χ4v) is 3.06. The number of thioether (sulfide) groups is 1. The van der Waals surface area contributed by atoms with Gasteiger partial charge in [0.1, 0.15) is 17.7 Å². The van der Waals surface area contributed by atoms with Crippen LogP contribution in [-0.4, -0.2) is 28.7 Å². The average molecular weight is 421 g/mol. The van der Waals surface area contributed by atoms with Crippen LogP contribution in [0.2, 0.25) is 0 Å². The highest BCUT2D eigenvalue weighted by atomic mass is 32.2. The van der Waals surface area contributed by atoms with Crippen LogP contribution >= 0.6 is 11.8 Å². The smallest absolute Gasteiger partial charge is 0.416 e. The maximum atomic E-state index is 14.3. The number of rotatable bonds is 6. The van der Waals surface area contributed by atoms with Crippen molar-refractivity contribution < 1.29 is 31.1 Å². The standard InChI is InChI=1S/C17H13F6N3OS/c18-13-6-11(27-15-5-10(3-4-24-15)17(21,22)23)1-2-12(13)14(19)7-25-16(20)8-28-9-26-16/h1-6,9,14,25H,7-8H2. The van der Waals surface area contributed by atoms with E-state index in [9.17, 15) is 26.3 Å². The van der Waals surface area contributed by atoms with Gasteiger partial charge in [0.05, 0.1) is 16.9 Å². The molecule has 11 heteroatoms. The lowest BCUT2D eigenvalue weighted by atomic mass is 10.1. The highest BCUT2D eigenvalue weighted by Crippen LogP contribution is 2.32. The molecule has 0 saturated carbocycles. The summed E-state index contributed by atoms with van der Waals surface area (Å²) in [5, 5.41) is 2.28. The molecule has 0 amide bonds. The van der Waals surface area contributed by atoms with Crippen LogP contribution in [0.4, 0.5) is 26.3 Å². The lowest BCUT2D eigenvalue weighted by Crippen LogP contribution is -2.41. The van der Waals surface area contributed by atoms with Gasteiger partial charge in [-0.05, 0) is 18.2 Å². The van der Waals surface area contributed by atoms with E-state index in [0.717, 1.165) is 36.2 Å². The first kappa shape index (κ1) is 20.5. The molecule has 2 heterocycles. The summed E-state index contributed by atoms with van der Waals surface area (Å²) < 4.78 is 85.7. The Morgan fingerprint density at radius 2 is 2.04 bits per heavy atom. The number of halogens is 6. The van der Waals surface area contributed by atoms with Gasteiger partial charge in [0, 0.05) is 30.4 Å². The predicted octanol–water partition coefficient (Wildman–Crippen LogP) is 5.03. The Morgan fingerprint density at radius 3 is 2.68 bits per heavy atom. The van der Waals surface area contributed by atoms with Crippen LogP contribution in [0.1, 0.15) is 17.3 Å². The van der Waals surface area contributed by atoms with E-state index in [1.54, 1.807) is 0 Å². The first-order valence-corrected chi connectivity index (χ1v) is 8.95. The zero-order valence-corrected chi connectivity index (χ0v) is 14.8. The Kier molecular flexibility index (Phi) is 5.84. The van der Waals surface area contributed by atoms with Crippen LogP contribution in [0.5, 0.6) is 11.6 Å². The Bertz CT molecular complexity index is 878. The normalized spacial score (nSPS) is 20.4. The molecule has 2 atom stereocenters. The molecule has 0 aliphatic carbocycles. The van der Waals surface area contributed by atoms with Gasteiger partial charge in [-0.2, -0.15) is 17.6 Å². The molecular formula is C17H13F6N3OS. The summed E-state index contributed by atoms with van der Waals surface area (Å²) in [4.78, 5) is 7.16. The summed E-state index contributed by atoms with van der Waals surface area (Å²) in [5.74, 6) is -3.65. The van der Waals surface area contributed by atoms with Crippen molar-refractivity contribution in [1.29, 1.82) is 0 Å². The zero-order valence-electron chi connectivity index (χ0n) is 14.0. The van der Waals surface area contributed by atoms with Crippen molar-refractivity contribution in [1.82, 2.24) is 10.3 Å². The molecule has 1 N–H and O–H groups in total. The van der Waals surface area contributed by atoms with Gasteiger partial charge < -0.3 is 4.74 Å². The van der Waals surface area contributed by atoms with Gasteiger partial charge in [0.15, 0.2) is 0 Å². The van der Waals surface area contributed by atoms with Gasteiger partial charge >= 0.3 is 6.18 Å². The third-order valence-corrected chi connectivity index (χ3v) is 4.56. The summed E-state index contributed by atoms with van der Waals surface area (Å²) in [6.07, 6.45) is -5.54. The number of aromatic nitrogens is 1. The van der Waals surface area contributed by atoms with Crippen LogP contribution in [0.3, 0.4) is 0 Å². The highest BCUT2D eigenvalue weighted by molar-refractivity contribution is 8.12. The molecule has 4 nitrogen and oxygen atoms in total. The minimum atomic E-state index is -4.58. The molecule has 2 unspecified atom stereocenters. The summed E-state index contributed by atoms with van der Waals surface area (Å²) in [5.41, 5.74) is -0.0261. The van der Waals surface area contributed by atoms with Crippen molar-refractivity contribution in [3.05, 3.63) is 53.5 Å². The number of alkyl halides is 5. The minimum Gasteiger partial charge on any atom is -0.439 e. The maximum absolute atomic E-state index is 14.3. The zero-order chi connectivity index (χ0) is 20.4. The fourth-order valence-electron chi connectivity index (χ4n) is 2.35. The van der Waals surface area contributed by atoms with Crippen molar-refractivity contribution in [3.63, 3.8) is 0 Å². The van der Waals surface area contributed by atoms with E-state index in [-0.39, 0.29) is 17.1 Å². The molecule has 1 aliphatic rings. The second-order valence-corrected chi connectivity index (χ2v) is 6.65. The van der Waals surface area contributed by atoms with Gasteiger partial charge in [0.25, 0.3) is 5.92 Å². The van der Waals surface area contributed by atoms with Gasteiger partial charge in [-0.3, -0.25) is 5.32 Å². The second kappa shape index (κ2) is 8.00. The number of hydrogen-bond acceptors (Lipinski definition) is 5. The molecule has 1 aromatic carbocycles. The van der Waals surface area contributed by atoms with E-state index in [4.69, 9.17) is 4.74 Å². The number of aliphatic imine (C=N–C) groups is 1. The summed E-state index contributed by atoms with van der Waals surface area (Å²) in [6.45, 7) is -0.513. The molecule has 3 rings (SSSR count). The summed E-state index contributed by atoms with van der Waals surface area (Å²) in [7, 11) is 0. The van der Waals surface area contributed by atoms with E-state index in [1.807, 2.05) is 0 Å². The number of nitrogens with one attached hydrogen (secondary N) is 1. The number of pyridine rings is 1. The van der Waals surface area contributed by atoms with E-state index >= 15 is 0 Å². The molecule has 0 saturated heterocycles. The quantitative estimate of drug-likeness (QED) is 0.525. The van der Waals surface area contributed by atoms with E-state index < -0.39 is 42.1 Å². The van der Waals surface area contributed by atoms with Gasteiger partial charge in [-0.25, -0.2) is 18.8 Å². The first-order chi connectivity index (χ1) is 13.2. The number of nitrogens with zero attached hydrogens (tertiary/aromatic N) is 2. The number of benzene rings is 1. The van der Waals surface area contributed by atoms with Crippen LogP contribution in [0, 0.1) is 5.82 Å². The first-order valence-electron chi connectivity index (χ1n) is 7.90. The third kappa shape index (κ3) is 4.96. The van der Waals surface area contributed by atoms with Crippen molar-refractivity contribution in [2.75, 3.05) is 12.3 Å². The fraction of sp³-hybridized carbons (Fsp3) is 0.294. The van der Waals surface area contributed by atoms with Gasteiger partial charge in [-0.15, -0.1) is 11.8 Å². The largest absolute Gasteiger partial charge is 0.439 e. The number of hydrogen-bond donors (Lipinski definition) is 1. The Hall–Kier alpha value is -2.27. The predicted molar refractivity (Wildman–Crippen MR) is 92.4 cm³/mol. The minimum absolute atomic E-state index is 0.0149. The molecule has 2 aromatic rings. The maximum Gasteiger partial charge on any atom is 0.416 e. The van der Waals surface area contributed by atoms with Crippen LogP contribution < -0.4 is 10.1 Å². The Labute approximate surface area is 160 Å². The molecular weight excluding hydrogens is 408 g/mol. The van der Waals surface area contributed by atoms with E-state index in [1.165, 1.54) is 11.6 Å². The topological polar surface area (TPSA) is 46.5 Å². The summed E-state index contributed by atoms with van der Waals surface area (Å²) >= 11 is 1.12. The molecule has 0 bridgehead atoms. The monoisotopic (exact) mass is 421 g/mol. The van der Waals surface area contributed by atoms with Gasteiger partial charge in [0.2, 0.25) is 5.88 Å². The number of ether oxygens (including phenoxy) is 1. The Balaban J connectivity index is 1.67. The van der Waals surface area contributed by atoms with Crippen molar-refractivity contribution in [3.8, 4) is 11.6 Å². The van der Waals surface area contributed by atoms with Crippen LogP contribution in [0.15, 0.2) is 41.5 Å². The summed E-state index contributed by atoms with van der Waals surface area (Å²) in [6, 6.07) is 4.50.